The lowest BCUT2D eigenvalue weighted by Gasteiger charge is -2.15. The van der Waals surface area contributed by atoms with Crippen LogP contribution in [0.1, 0.15) is 47.9 Å². The zero-order chi connectivity index (χ0) is 21.0. The van der Waals surface area contributed by atoms with Crippen LogP contribution >= 0.6 is 0 Å². The number of nitrogens with one attached hydrogen (secondary N) is 2. The molecule has 2 aromatic carbocycles. The van der Waals surface area contributed by atoms with Gasteiger partial charge in [0.1, 0.15) is 5.82 Å². The first-order valence-corrected chi connectivity index (χ1v) is 9.40. The fourth-order valence-corrected chi connectivity index (χ4v) is 3.04. The van der Waals surface area contributed by atoms with E-state index in [2.05, 4.69) is 15.7 Å². The van der Waals surface area contributed by atoms with Crippen LogP contribution in [0.2, 0.25) is 0 Å². The summed E-state index contributed by atoms with van der Waals surface area (Å²) in [7, 11) is 0. The number of halogens is 1. The van der Waals surface area contributed by atoms with Crippen molar-refractivity contribution >= 4 is 17.5 Å². The molecule has 1 aromatic heterocycles. The van der Waals surface area contributed by atoms with Crippen molar-refractivity contribution in [3.63, 3.8) is 0 Å². The van der Waals surface area contributed by atoms with Crippen molar-refractivity contribution in [1.29, 1.82) is 0 Å². The number of aromatic nitrogens is 2. The maximum Gasteiger partial charge on any atom is 0.251 e. The number of anilines is 1. The molecule has 3 rings (SSSR count). The zero-order valence-electron chi connectivity index (χ0n) is 16.6. The van der Waals surface area contributed by atoms with Crippen molar-refractivity contribution < 1.29 is 14.0 Å². The molecule has 0 radical (unpaired) electrons. The van der Waals surface area contributed by atoms with Crippen LogP contribution in [0.5, 0.6) is 0 Å². The lowest BCUT2D eigenvalue weighted by Crippen LogP contribution is -2.27. The summed E-state index contributed by atoms with van der Waals surface area (Å²) in [5, 5.41) is 10.1. The molecule has 1 unspecified atom stereocenters. The van der Waals surface area contributed by atoms with Gasteiger partial charge in [-0.25, -0.2) is 9.07 Å². The molecule has 0 bridgehead atoms. The standard InChI is InChI=1S/C22H23FN4O2/c1-4-21(28)26-18-7-5-6-16(12-18)22(29)25-14(2)20-13-24-27(15(20)3)19-10-8-17(23)9-11-19/h5-14H,4H2,1-3H3,(H,25,29)(H,26,28). The highest BCUT2D eigenvalue weighted by molar-refractivity contribution is 5.97. The molecule has 1 atom stereocenters. The van der Waals surface area contributed by atoms with Gasteiger partial charge in [0.15, 0.2) is 0 Å². The molecule has 0 fully saturated rings. The molecule has 2 amide bonds. The van der Waals surface area contributed by atoms with E-state index in [1.807, 2.05) is 13.8 Å². The zero-order valence-corrected chi connectivity index (χ0v) is 16.6. The molecule has 3 aromatic rings. The fraction of sp³-hybridized carbons (Fsp3) is 0.227. The van der Waals surface area contributed by atoms with Crippen molar-refractivity contribution in [2.75, 3.05) is 5.32 Å². The van der Waals surface area contributed by atoms with Crippen LogP contribution in [-0.4, -0.2) is 21.6 Å². The Morgan fingerprint density at radius 3 is 2.59 bits per heavy atom. The number of benzene rings is 2. The largest absolute Gasteiger partial charge is 0.345 e. The number of carbonyl (C=O) groups is 2. The number of amides is 2. The molecule has 150 valence electrons. The van der Waals surface area contributed by atoms with Crippen molar-refractivity contribution in [3.05, 3.63) is 77.4 Å². The fourth-order valence-electron chi connectivity index (χ4n) is 3.04. The summed E-state index contributed by atoms with van der Waals surface area (Å²) in [5.41, 5.74) is 3.49. The summed E-state index contributed by atoms with van der Waals surface area (Å²) in [6.45, 7) is 5.54. The minimum absolute atomic E-state index is 0.111. The third kappa shape index (κ3) is 4.68. The lowest BCUT2D eigenvalue weighted by atomic mass is 10.1. The van der Waals surface area contributed by atoms with Gasteiger partial charge in [-0.15, -0.1) is 0 Å². The smallest absolute Gasteiger partial charge is 0.251 e. The van der Waals surface area contributed by atoms with Crippen LogP contribution in [0.25, 0.3) is 5.69 Å². The summed E-state index contributed by atoms with van der Waals surface area (Å²) in [4.78, 5) is 24.2. The lowest BCUT2D eigenvalue weighted by molar-refractivity contribution is -0.115. The van der Waals surface area contributed by atoms with Crippen LogP contribution in [0.3, 0.4) is 0 Å². The van der Waals surface area contributed by atoms with Crippen LogP contribution in [-0.2, 0) is 4.79 Å². The minimum atomic E-state index is -0.309. The quantitative estimate of drug-likeness (QED) is 0.659. The number of rotatable bonds is 6. The van der Waals surface area contributed by atoms with Gasteiger partial charge >= 0.3 is 0 Å². The highest BCUT2D eigenvalue weighted by Crippen LogP contribution is 2.21. The van der Waals surface area contributed by atoms with E-state index in [4.69, 9.17) is 0 Å². The maximum atomic E-state index is 13.2. The number of nitrogens with zero attached hydrogens (tertiary/aromatic N) is 2. The third-order valence-electron chi connectivity index (χ3n) is 4.66. The van der Waals surface area contributed by atoms with Gasteiger partial charge < -0.3 is 10.6 Å². The highest BCUT2D eigenvalue weighted by atomic mass is 19.1. The van der Waals surface area contributed by atoms with Crippen molar-refractivity contribution in [3.8, 4) is 5.69 Å². The van der Waals surface area contributed by atoms with E-state index in [0.29, 0.717) is 17.7 Å². The summed E-state index contributed by atoms with van der Waals surface area (Å²) in [6, 6.07) is 12.6. The second-order valence-electron chi connectivity index (χ2n) is 6.75. The van der Waals surface area contributed by atoms with Crippen molar-refractivity contribution in [2.24, 2.45) is 0 Å². The predicted octanol–water partition coefficient (Wildman–Crippen LogP) is 4.16. The summed E-state index contributed by atoms with van der Waals surface area (Å²) in [6.07, 6.45) is 2.06. The Balaban J connectivity index is 1.74. The molecule has 0 aliphatic carbocycles. The van der Waals surface area contributed by atoms with Crippen molar-refractivity contribution in [2.45, 2.75) is 33.2 Å². The van der Waals surface area contributed by atoms with Crippen LogP contribution in [0, 0.1) is 12.7 Å². The Labute approximate surface area is 168 Å². The van der Waals surface area contributed by atoms with Crippen LogP contribution in [0.4, 0.5) is 10.1 Å². The van der Waals surface area contributed by atoms with E-state index in [1.54, 1.807) is 54.2 Å². The Morgan fingerprint density at radius 1 is 1.17 bits per heavy atom. The van der Waals surface area contributed by atoms with E-state index < -0.39 is 0 Å². The Hall–Kier alpha value is -3.48. The minimum Gasteiger partial charge on any atom is -0.345 e. The van der Waals surface area contributed by atoms with Crippen LogP contribution < -0.4 is 10.6 Å². The molecule has 0 aliphatic heterocycles. The first kappa shape index (κ1) is 20.3. The molecular formula is C22H23FN4O2. The molecule has 0 spiro atoms. The van der Waals surface area contributed by atoms with Gasteiger partial charge in [-0.3, -0.25) is 9.59 Å². The number of hydrogen-bond acceptors (Lipinski definition) is 3. The van der Waals surface area contributed by atoms with Gasteiger partial charge in [0.2, 0.25) is 5.91 Å². The average molecular weight is 394 g/mol. The number of carbonyl (C=O) groups excluding carboxylic acids is 2. The molecular weight excluding hydrogens is 371 g/mol. The highest BCUT2D eigenvalue weighted by Gasteiger charge is 2.17. The summed E-state index contributed by atoms with van der Waals surface area (Å²) < 4.78 is 14.9. The first-order chi connectivity index (χ1) is 13.9. The average Bonchev–Trinajstić information content (AvgIpc) is 3.10. The van der Waals surface area contributed by atoms with Crippen LogP contribution in [0.15, 0.2) is 54.7 Å². The van der Waals surface area contributed by atoms with Crippen molar-refractivity contribution in [1.82, 2.24) is 15.1 Å². The topological polar surface area (TPSA) is 76.0 Å². The monoisotopic (exact) mass is 394 g/mol. The Morgan fingerprint density at radius 2 is 1.90 bits per heavy atom. The summed E-state index contributed by atoms with van der Waals surface area (Å²) in [5.74, 6) is -0.671. The predicted molar refractivity (Wildman–Crippen MR) is 110 cm³/mol. The summed E-state index contributed by atoms with van der Waals surface area (Å²) >= 11 is 0. The molecule has 0 aliphatic rings. The molecule has 1 heterocycles. The maximum absolute atomic E-state index is 13.2. The van der Waals surface area contributed by atoms with E-state index >= 15 is 0 Å². The molecule has 6 nitrogen and oxygen atoms in total. The van der Waals surface area contributed by atoms with Gasteiger partial charge in [-0.1, -0.05) is 13.0 Å². The molecule has 0 saturated carbocycles. The SMILES string of the molecule is CCC(=O)Nc1cccc(C(=O)NC(C)c2cnn(-c3ccc(F)cc3)c2C)c1. The Bertz CT molecular complexity index is 1030. The van der Waals surface area contributed by atoms with Gasteiger partial charge in [0, 0.05) is 28.9 Å². The molecule has 0 saturated heterocycles. The van der Waals surface area contributed by atoms with Gasteiger partial charge in [0.25, 0.3) is 5.91 Å². The van der Waals surface area contributed by atoms with E-state index in [-0.39, 0.29) is 23.7 Å². The molecule has 2 N–H and O–H groups in total. The number of hydrogen-bond donors (Lipinski definition) is 2. The second-order valence-corrected chi connectivity index (χ2v) is 6.75. The van der Waals surface area contributed by atoms with E-state index in [9.17, 15) is 14.0 Å². The normalized spacial score (nSPS) is 11.7. The van der Waals surface area contributed by atoms with Gasteiger partial charge in [-0.05, 0) is 56.3 Å². The first-order valence-electron chi connectivity index (χ1n) is 9.40. The Kier molecular flexibility index (Phi) is 6.07. The van der Waals surface area contributed by atoms with E-state index in [1.165, 1.54) is 12.1 Å². The van der Waals surface area contributed by atoms with Gasteiger partial charge in [-0.2, -0.15) is 5.10 Å². The second kappa shape index (κ2) is 8.68. The third-order valence-corrected chi connectivity index (χ3v) is 4.66. The molecule has 29 heavy (non-hydrogen) atoms. The molecule has 7 heteroatoms. The van der Waals surface area contributed by atoms with Gasteiger partial charge in [0.05, 0.1) is 17.9 Å². The van der Waals surface area contributed by atoms with E-state index in [0.717, 1.165) is 16.9 Å².